The molecule has 140 valence electrons. The second-order valence-electron chi connectivity index (χ2n) is 7.37. The summed E-state index contributed by atoms with van der Waals surface area (Å²) in [7, 11) is 3.34. The number of nitriles is 1. The van der Waals surface area contributed by atoms with E-state index in [-0.39, 0.29) is 34.7 Å². The minimum atomic E-state index is -1.04. The molecule has 1 saturated carbocycles. The second-order valence-corrected chi connectivity index (χ2v) is 7.37. The van der Waals surface area contributed by atoms with Gasteiger partial charge in [0.25, 0.3) is 0 Å². The van der Waals surface area contributed by atoms with Crippen LogP contribution in [0.4, 0.5) is 0 Å². The molecule has 7 heteroatoms. The van der Waals surface area contributed by atoms with E-state index in [9.17, 15) is 14.9 Å². The van der Waals surface area contributed by atoms with Gasteiger partial charge >= 0.3 is 0 Å². The van der Waals surface area contributed by atoms with Crippen molar-refractivity contribution in [3.05, 3.63) is 52.7 Å². The van der Waals surface area contributed by atoms with Gasteiger partial charge in [-0.3, -0.25) is 9.59 Å². The predicted octanol–water partition coefficient (Wildman–Crippen LogP) is 2.04. The third-order valence-corrected chi connectivity index (χ3v) is 5.96. The van der Waals surface area contributed by atoms with Gasteiger partial charge in [-0.25, -0.2) is 0 Å². The lowest BCUT2D eigenvalue weighted by Gasteiger charge is -2.32. The Kier molecular flexibility index (Phi) is 3.26. The number of hydrogen-bond acceptors (Lipinski definition) is 6. The molecule has 1 fully saturated rings. The van der Waals surface area contributed by atoms with Crippen LogP contribution in [-0.4, -0.2) is 23.2 Å². The molecule has 28 heavy (non-hydrogen) atoms. The Morgan fingerprint density at radius 1 is 1.29 bits per heavy atom. The maximum Gasteiger partial charge on any atom is 0.208 e. The number of rotatable bonds is 2. The molecule has 1 aromatic carbocycles. The smallest absolute Gasteiger partial charge is 0.208 e. The van der Waals surface area contributed by atoms with E-state index >= 15 is 0 Å². The van der Waals surface area contributed by atoms with E-state index in [1.807, 2.05) is 36.0 Å². The number of methoxy groups -OCH3 is 1. The first-order valence-corrected chi connectivity index (χ1v) is 8.98. The molecule has 2 heterocycles. The van der Waals surface area contributed by atoms with Crippen LogP contribution in [0.15, 0.2) is 47.2 Å². The fourth-order valence-electron chi connectivity index (χ4n) is 4.52. The van der Waals surface area contributed by atoms with Gasteiger partial charge in [-0.2, -0.15) is 5.26 Å². The van der Waals surface area contributed by atoms with Crippen molar-refractivity contribution < 1.29 is 19.1 Å². The molecule has 2 aromatic rings. The Bertz CT molecular complexity index is 1190. The number of carbonyl (C=O) groups is 2. The topological polar surface area (TPSA) is 107 Å². The van der Waals surface area contributed by atoms with Crippen molar-refractivity contribution in [2.24, 2.45) is 24.6 Å². The standard InChI is InChI=1S/C21H17N3O4/c1-24-6-5-9-14(24)4-3-10-15(13(8-22)21(23)28-19(9)10)16-17(25)11-7-12(11)20(27-2)18(16)26/h3-6,11,15-16H,7,23H2,1-2H3. The fourth-order valence-corrected chi connectivity index (χ4v) is 4.52. The fraction of sp³-hybridized carbons (Fsp3) is 0.286. The van der Waals surface area contributed by atoms with Crippen LogP contribution in [0.1, 0.15) is 17.9 Å². The minimum absolute atomic E-state index is 0.0681. The molecule has 0 radical (unpaired) electrons. The normalized spacial score (nSPS) is 26.0. The van der Waals surface area contributed by atoms with Crippen molar-refractivity contribution in [1.82, 2.24) is 4.57 Å². The highest BCUT2D eigenvalue weighted by molar-refractivity contribution is 6.17. The molecular weight excluding hydrogens is 358 g/mol. The van der Waals surface area contributed by atoms with Gasteiger partial charge in [0.05, 0.1) is 24.1 Å². The molecular formula is C21H17N3O4. The number of nitrogens with two attached hydrogens (primary N) is 1. The highest BCUT2D eigenvalue weighted by atomic mass is 16.5. The molecule has 7 nitrogen and oxygen atoms in total. The number of allylic oxidation sites excluding steroid dienone is 3. The molecule has 5 rings (SSSR count). The first-order chi connectivity index (χ1) is 13.5. The van der Waals surface area contributed by atoms with Gasteiger partial charge in [0.1, 0.15) is 11.8 Å². The number of hydrogen-bond donors (Lipinski definition) is 1. The van der Waals surface area contributed by atoms with Gasteiger partial charge in [0.2, 0.25) is 11.7 Å². The van der Waals surface area contributed by atoms with Crippen molar-refractivity contribution in [2.45, 2.75) is 12.3 Å². The summed E-state index contributed by atoms with van der Waals surface area (Å²) in [4.78, 5) is 26.2. The minimum Gasteiger partial charge on any atom is -0.493 e. The number of carbonyl (C=O) groups excluding carboxylic acids is 2. The summed E-state index contributed by atoms with van der Waals surface area (Å²) >= 11 is 0. The van der Waals surface area contributed by atoms with Gasteiger partial charge < -0.3 is 19.8 Å². The Hall–Kier alpha value is -3.53. The molecule has 2 aliphatic carbocycles. The quantitative estimate of drug-likeness (QED) is 0.805. The van der Waals surface area contributed by atoms with E-state index in [4.69, 9.17) is 15.2 Å². The highest BCUT2D eigenvalue weighted by Gasteiger charge is 2.56. The van der Waals surface area contributed by atoms with E-state index in [1.54, 1.807) is 0 Å². The summed E-state index contributed by atoms with van der Waals surface area (Å²) < 4.78 is 13.0. The SMILES string of the molecule is COC1=C2CC2C(=O)C(C2C(C#N)=C(N)Oc3c2ccc2c3ccn2C)C1=O. The zero-order valence-electron chi connectivity index (χ0n) is 15.4. The van der Waals surface area contributed by atoms with Crippen molar-refractivity contribution in [3.63, 3.8) is 0 Å². The van der Waals surface area contributed by atoms with Gasteiger partial charge in [-0.05, 0) is 24.1 Å². The Labute approximate surface area is 160 Å². The van der Waals surface area contributed by atoms with Gasteiger partial charge in [0, 0.05) is 36.0 Å². The number of aromatic nitrogens is 1. The zero-order valence-corrected chi connectivity index (χ0v) is 15.4. The van der Waals surface area contributed by atoms with E-state index < -0.39 is 11.8 Å². The van der Waals surface area contributed by atoms with Crippen LogP contribution < -0.4 is 10.5 Å². The number of aryl methyl sites for hydroxylation is 1. The van der Waals surface area contributed by atoms with E-state index in [2.05, 4.69) is 6.07 Å². The Morgan fingerprint density at radius 2 is 2.07 bits per heavy atom. The third kappa shape index (κ3) is 1.97. The van der Waals surface area contributed by atoms with Crippen molar-refractivity contribution >= 4 is 22.5 Å². The van der Waals surface area contributed by atoms with Crippen LogP contribution in [0.5, 0.6) is 5.75 Å². The van der Waals surface area contributed by atoms with Crippen LogP contribution in [-0.2, 0) is 21.4 Å². The lowest BCUT2D eigenvalue weighted by atomic mass is 9.72. The summed E-state index contributed by atoms with van der Waals surface area (Å²) in [6.07, 6.45) is 2.43. The molecule has 3 atom stereocenters. The molecule has 0 bridgehead atoms. The lowest BCUT2D eigenvalue weighted by Crippen LogP contribution is -2.38. The summed E-state index contributed by atoms with van der Waals surface area (Å²) in [5.41, 5.74) is 8.48. The highest BCUT2D eigenvalue weighted by Crippen LogP contribution is 2.54. The van der Waals surface area contributed by atoms with Crippen molar-refractivity contribution in [2.75, 3.05) is 7.11 Å². The number of ether oxygens (including phenoxy) is 2. The average molecular weight is 375 g/mol. The molecule has 3 unspecified atom stereocenters. The number of benzene rings is 1. The molecule has 0 spiro atoms. The number of ketones is 2. The van der Waals surface area contributed by atoms with E-state index in [0.29, 0.717) is 17.7 Å². The number of fused-ring (bicyclic) bond motifs is 4. The molecule has 1 aromatic heterocycles. The van der Waals surface area contributed by atoms with Crippen LogP contribution in [0.3, 0.4) is 0 Å². The monoisotopic (exact) mass is 375 g/mol. The predicted molar refractivity (Wildman–Crippen MR) is 98.8 cm³/mol. The molecule has 3 aliphatic rings. The van der Waals surface area contributed by atoms with Crippen molar-refractivity contribution in [3.8, 4) is 11.8 Å². The zero-order chi connectivity index (χ0) is 19.7. The summed E-state index contributed by atoms with van der Waals surface area (Å²) in [5.74, 6) is -2.01. The molecule has 0 saturated heterocycles. The van der Waals surface area contributed by atoms with Crippen LogP contribution in [0.25, 0.3) is 10.9 Å². The first-order valence-electron chi connectivity index (χ1n) is 8.98. The number of nitrogens with zero attached hydrogens (tertiary/aromatic N) is 2. The van der Waals surface area contributed by atoms with Crippen molar-refractivity contribution in [1.29, 1.82) is 5.26 Å². The number of Topliss-reactive ketones (excluding diaryl/α,β-unsaturated/α-hetero) is 2. The third-order valence-electron chi connectivity index (χ3n) is 5.96. The van der Waals surface area contributed by atoms with Gasteiger partial charge in [0.15, 0.2) is 11.5 Å². The Morgan fingerprint density at radius 3 is 2.79 bits per heavy atom. The Balaban J connectivity index is 1.74. The molecule has 1 aliphatic heterocycles. The largest absolute Gasteiger partial charge is 0.493 e. The van der Waals surface area contributed by atoms with E-state index in [1.165, 1.54) is 7.11 Å². The van der Waals surface area contributed by atoms with Gasteiger partial charge in [-0.1, -0.05) is 6.07 Å². The van der Waals surface area contributed by atoms with Crippen LogP contribution >= 0.6 is 0 Å². The second kappa shape index (κ2) is 5.49. The van der Waals surface area contributed by atoms with Gasteiger partial charge in [-0.15, -0.1) is 0 Å². The first kappa shape index (κ1) is 16.6. The molecule has 2 N–H and O–H groups in total. The summed E-state index contributed by atoms with van der Waals surface area (Å²) in [6.45, 7) is 0. The maximum absolute atomic E-state index is 13.1. The van der Waals surface area contributed by atoms with E-state index in [0.717, 1.165) is 16.5 Å². The van der Waals surface area contributed by atoms with Crippen LogP contribution in [0.2, 0.25) is 0 Å². The summed E-state index contributed by atoms with van der Waals surface area (Å²) in [6, 6.07) is 7.66. The van der Waals surface area contributed by atoms with Crippen LogP contribution in [0, 0.1) is 23.2 Å². The molecule has 0 amide bonds. The summed E-state index contributed by atoms with van der Waals surface area (Å²) in [5, 5.41) is 10.6. The average Bonchev–Trinajstić information content (AvgIpc) is 3.38. The maximum atomic E-state index is 13.1. The lowest BCUT2D eigenvalue weighted by molar-refractivity contribution is -0.134.